The Kier molecular flexibility index (Phi) is 2.40. The molecule has 5 nitrogen and oxygen atoms in total. The Labute approximate surface area is 112 Å². The second kappa shape index (κ2) is 3.60. The standard InChI is InChI=1S/C14H20N2O3/c1-7(2)14-5-8-4-10(13(14,3)17)12(16-19)9(6-14)11(8)15-18/h8-10,17-19H,1,4-6H2,2-3H3. The molecule has 0 spiro atoms. The first-order valence-electron chi connectivity index (χ1n) is 6.71. The molecule has 5 heteroatoms. The first-order valence-corrected chi connectivity index (χ1v) is 6.71. The Bertz CT molecular complexity index is 509. The Hall–Kier alpha value is -1.36. The van der Waals surface area contributed by atoms with Crippen molar-refractivity contribution in [1.82, 2.24) is 0 Å². The molecule has 4 bridgehead atoms. The van der Waals surface area contributed by atoms with E-state index in [-0.39, 0.29) is 23.2 Å². The molecule has 3 N–H and O–H groups in total. The maximum atomic E-state index is 11.0. The summed E-state index contributed by atoms with van der Waals surface area (Å²) in [5, 5.41) is 36.4. The van der Waals surface area contributed by atoms with Gasteiger partial charge in [0.2, 0.25) is 0 Å². The zero-order valence-corrected chi connectivity index (χ0v) is 11.3. The van der Waals surface area contributed by atoms with Gasteiger partial charge in [0, 0.05) is 23.2 Å². The van der Waals surface area contributed by atoms with Crippen LogP contribution in [0.3, 0.4) is 0 Å². The van der Waals surface area contributed by atoms with Crippen molar-refractivity contribution < 1.29 is 15.5 Å². The van der Waals surface area contributed by atoms with E-state index in [0.29, 0.717) is 24.3 Å². The molecular weight excluding hydrogens is 244 g/mol. The lowest BCUT2D eigenvalue weighted by atomic mass is 9.41. The minimum absolute atomic E-state index is 0.149. The van der Waals surface area contributed by atoms with Crippen molar-refractivity contribution in [2.45, 2.75) is 38.7 Å². The summed E-state index contributed by atoms with van der Waals surface area (Å²) < 4.78 is 0. The van der Waals surface area contributed by atoms with Crippen molar-refractivity contribution in [3.05, 3.63) is 12.2 Å². The lowest BCUT2D eigenvalue weighted by Crippen LogP contribution is -2.69. The normalized spacial score (nSPS) is 52.1. The van der Waals surface area contributed by atoms with E-state index in [1.807, 2.05) is 13.8 Å². The van der Waals surface area contributed by atoms with Crippen LogP contribution in [0.4, 0.5) is 0 Å². The van der Waals surface area contributed by atoms with Crippen LogP contribution >= 0.6 is 0 Å². The first kappa shape index (κ1) is 12.7. The topological polar surface area (TPSA) is 85.4 Å². The number of rotatable bonds is 1. The fraction of sp³-hybridized carbons (Fsp3) is 0.714. The van der Waals surface area contributed by atoms with Crippen LogP contribution in [0.2, 0.25) is 0 Å². The van der Waals surface area contributed by atoms with Crippen LogP contribution in [-0.2, 0) is 0 Å². The summed E-state index contributed by atoms with van der Waals surface area (Å²) in [6, 6.07) is 0. The molecule has 0 aromatic heterocycles. The maximum Gasteiger partial charge on any atom is 0.0794 e. The molecule has 0 aromatic rings. The van der Waals surface area contributed by atoms with Gasteiger partial charge in [0.05, 0.1) is 17.0 Å². The average Bonchev–Trinajstić information content (AvgIpc) is 2.34. The van der Waals surface area contributed by atoms with Gasteiger partial charge in [0.1, 0.15) is 0 Å². The molecule has 5 unspecified atom stereocenters. The minimum atomic E-state index is -0.950. The molecule has 0 aliphatic heterocycles. The van der Waals surface area contributed by atoms with Crippen LogP contribution in [0, 0.1) is 23.2 Å². The molecule has 0 aromatic carbocycles. The SMILES string of the molecule is C=C(C)C12CC3CC(C(=NO)C(C1)C3=NO)C2(C)O. The van der Waals surface area contributed by atoms with Crippen LogP contribution in [0.1, 0.15) is 33.1 Å². The summed E-state index contributed by atoms with van der Waals surface area (Å²) in [5.74, 6) is -0.196. The number of hydrogen-bond donors (Lipinski definition) is 3. The van der Waals surface area contributed by atoms with Gasteiger partial charge in [0.15, 0.2) is 0 Å². The van der Waals surface area contributed by atoms with E-state index in [1.165, 1.54) is 0 Å². The lowest BCUT2D eigenvalue weighted by Gasteiger charge is -2.64. The zero-order chi connectivity index (χ0) is 14.0. The zero-order valence-electron chi connectivity index (χ0n) is 11.3. The van der Waals surface area contributed by atoms with Gasteiger partial charge in [-0.3, -0.25) is 0 Å². The molecule has 0 heterocycles. The summed E-state index contributed by atoms with van der Waals surface area (Å²) >= 11 is 0. The van der Waals surface area contributed by atoms with E-state index in [2.05, 4.69) is 16.9 Å². The van der Waals surface area contributed by atoms with Crippen molar-refractivity contribution in [2.75, 3.05) is 0 Å². The van der Waals surface area contributed by atoms with E-state index >= 15 is 0 Å². The summed E-state index contributed by atoms with van der Waals surface area (Å²) in [6.07, 6.45) is 2.05. The average molecular weight is 264 g/mol. The molecule has 5 atom stereocenters. The molecular formula is C14H20N2O3. The highest BCUT2D eigenvalue weighted by atomic mass is 16.4. The summed E-state index contributed by atoms with van der Waals surface area (Å²) in [6.45, 7) is 7.85. The van der Waals surface area contributed by atoms with E-state index in [4.69, 9.17) is 0 Å². The molecule has 4 aliphatic carbocycles. The molecule has 0 radical (unpaired) electrons. The van der Waals surface area contributed by atoms with Crippen LogP contribution in [0.15, 0.2) is 22.5 Å². The van der Waals surface area contributed by atoms with Gasteiger partial charge in [-0.2, -0.15) is 0 Å². The Balaban J connectivity index is 2.19. The quantitative estimate of drug-likeness (QED) is 0.385. The lowest BCUT2D eigenvalue weighted by molar-refractivity contribution is -0.136. The maximum absolute atomic E-state index is 11.0. The van der Waals surface area contributed by atoms with E-state index in [1.54, 1.807) is 0 Å². The van der Waals surface area contributed by atoms with Crippen LogP contribution < -0.4 is 0 Å². The van der Waals surface area contributed by atoms with Gasteiger partial charge in [-0.05, 0) is 33.1 Å². The third-order valence-corrected chi connectivity index (χ3v) is 5.85. The highest BCUT2D eigenvalue weighted by Gasteiger charge is 2.68. The van der Waals surface area contributed by atoms with Crippen molar-refractivity contribution >= 4 is 11.4 Å². The predicted octanol–water partition coefficient (Wildman–Crippen LogP) is 2.02. The minimum Gasteiger partial charge on any atom is -0.411 e. The molecule has 4 aliphatic rings. The van der Waals surface area contributed by atoms with Crippen LogP contribution in [0.25, 0.3) is 0 Å². The molecule has 104 valence electrons. The highest BCUT2D eigenvalue weighted by molar-refractivity contribution is 6.13. The number of aliphatic hydroxyl groups is 1. The predicted molar refractivity (Wildman–Crippen MR) is 70.6 cm³/mol. The second-order valence-electron chi connectivity index (χ2n) is 6.51. The van der Waals surface area contributed by atoms with E-state index in [0.717, 1.165) is 12.0 Å². The second-order valence-corrected chi connectivity index (χ2v) is 6.51. The van der Waals surface area contributed by atoms with Crippen LogP contribution in [0.5, 0.6) is 0 Å². The largest absolute Gasteiger partial charge is 0.411 e. The third-order valence-electron chi connectivity index (χ3n) is 5.85. The first-order chi connectivity index (χ1) is 8.89. The third kappa shape index (κ3) is 1.24. The molecule has 0 saturated heterocycles. The summed E-state index contributed by atoms with van der Waals surface area (Å²) in [5.41, 5.74) is 0.912. The fourth-order valence-electron chi connectivity index (χ4n) is 4.79. The van der Waals surface area contributed by atoms with E-state index in [9.17, 15) is 15.5 Å². The van der Waals surface area contributed by atoms with E-state index < -0.39 is 5.60 Å². The number of hydrogen-bond acceptors (Lipinski definition) is 5. The van der Waals surface area contributed by atoms with Crippen molar-refractivity contribution in [1.29, 1.82) is 0 Å². The highest BCUT2D eigenvalue weighted by Crippen LogP contribution is 2.64. The van der Waals surface area contributed by atoms with Gasteiger partial charge in [-0.25, -0.2) is 0 Å². The Morgan fingerprint density at radius 2 is 1.89 bits per heavy atom. The van der Waals surface area contributed by atoms with Crippen molar-refractivity contribution in [2.24, 2.45) is 33.5 Å². The molecule has 4 fully saturated rings. The van der Waals surface area contributed by atoms with Crippen molar-refractivity contribution in [3.8, 4) is 0 Å². The Morgan fingerprint density at radius 3 is 2.42 bits per heavy atom. The van der Waals surface area contributed by atoms with Gasteiger partial charge in [0.25, 0.3) is 0 Å². The van der Waals surface area contributed by atoms with Gasteiger partial charge < -0.3 is 15.5 Å². The van der Waals surface area contributed by atoms with Gasteiger partial charge >= 0.3 is 0 Å². The Morgan fingerprint density at radius 1 is 1.26 bits per heavy atom. The van der Waals surface area contributed by atoms with Gasteiger partial charge in [-0.1, -0.05) is 22.5 Å². The number of nitrogens with zero attached hydrogens (tertiary/aromatic N) is 2. The molecule has 0 amide bonds. The number of oxime groups is 2. The fourth-order valence-corrected chi connectivity index (χ4v) is 4.79. The van der Waals surface area contributed by atoms with Gasteiger partial charge in [-0.15, -0.1) is 0 Å². The summed E-state index contributed by atoms with van der Waals surface area (Å²) in [4.78, 5) is 0. The monoisotopic (exact) mass is 264 g/mol. The summed E-state index contributed by atoms with van der Waals surface area (Å²) in [7, 11) is 0. The molecule has 19 heavy (non-hydrogen) atoms. The smallest absolute Gasteiger partial charge is 0.0794 e. The van der Waals surface area contributed by atoms with Crippen molar-refractivity contribution in [3.63, 3.8) is 0 Å². The molecule has 4 saturated carbocycles. The van der Waals surface area contributed by atoms with Crippen LogP contribution in [-0.4, -0.2) is 32.5 Å². The molecule has 4 rings (SSSR count).